The van der Waals surface area contributed by atoms with Gasteiger partial charge in [0.2, 0.25) is 0 Å². The summed E-state index contributed by atoms with van der Waals surface area (Å²) in [4.78, 5) is 16.6. The Morgan fingerprint density at radius 3 is 2.76 bits per heavy atom. The summed E-state index contributed by atoms with van der Waals surface area (Å²) in [6, 6.07) is 12.8. The van der Waals surface area contributed by atoms with E-state index < -0.39 is 5.97 Å². The zero-order chi connectivity index (χ0) is 17.8. The minimum Gasteiger partial charge on any atom is -0.488 e. The number of aryl methyl sites for hydroxylation is 1. The molecule has 0 aliphatic heterocycles. The number of ether oxygens (including phenoxy) is 2. The molecule has 1 heterocycles. The Labute approximate surface area is 155 Å². The van der Waals surface area contributed by atoms with Gasteiger partial charge in [-0.3, -0.25) is 0 Å². The quantitative estimate of drug-likeness (QED) is 0.581. The average Bonchev–Trinajstić information content (AvgIpc) is 3.05. The highest BCUT2D eigenvalue weighted by atomic mass is 35.5. The molecule has 1 aromatic heterocycles. The smallest absolute Gasteiger partial charge is 0.341 e. The molecule has 3 aromatic rings. The van der Waals surface area contributed by atoms with Crippen molar-refractivity contribution >= 4 is 28.9 Å². The maximum absolute atomic E-state index is 12.1. The number of hydrogen-bond donors (Lipinski definition) is 0. The van der Waals surface area contributed by atoms with Crippen molar-refractivity contribution in [2.45, 2.75) is 13.5 Å². The lowest BCUT2D eigenvalue weighted by Crippen LogP contribution is -2.06. The molecule has 0 radical (unpaired) electrons. The molecule has 6 heteroatoms. The summed E-state index contributed by atoms with van der Waals surface area (Å²) in [5.74, 6) is 0.0115. The maximum atomic E-state index is 12.1. The fourth-order valence-electron chi connectivity index (χ4n) is 2.37. The molecule has 0 aliphatic rings. The van der Waals surface area contributed by atoms with Gasteiger partial charge < -0.3 is 9.47 Å². The summed E-state index contributed by atoms with van der Waals surface area (Å²) in [6.07, 6.45) is 0. The van der Waals surface area contributed by atoms with Crippen LogP contribution in [0.25, 0.3) is 11.3 Å². The van der Waals surface area contributed by atoms with Crippen LogP contribution in [-0.2, 0) is 11.3 Å². The lowest BCUT2D eigenvalue weighted by molar-refractivity contribution is 0.0595. The van der Waals surface area contributed by atoms with Crippen LogP contribution in [0.1, 0.15) is 20.9 Å². The molecular formula is C19H16ClNO3S. The largest absolute Gasteiger partial charge is 0.488 e. The summed E-state index contributed by atoms with van der Waals surface area (Å²) >= 11 is 7.55. The van der Waals surface area contributed by atoms with Gasteiger partial charge in [0.1, 0.15) is 17.9 Å². The molecular weight excluding hydrogens is 358 g/mol. The number of halogens is 1. The molecule has 25 heavy (non-hydrogen) atoms. The van der Waals surface area contributed by atoms with Gasteiger partial charge in [0.15, 0.2) is 0 Å². The van der Waals surface area contributed by atoms with E-state index in [0.717, 1.165) is 21.8 Å². The van der Waals surface area contributed by atoms with Gasteiger partial charge >= 0.3 is 5.97 Å². The van der Waals surface area contributed by atoms with Gasteiger partial charge in [-0.15, -0.1) is 11.3 Å². The van der Waals surface area contributed by atoms with E-state index in [4.69, 9.17) is 21.1 Å². The number of methoxy groups -OCH3 is 1. The van der Waals surface area contributed by atoms with Gasteiger partial charge in [-0.25, -0.2) is 9.78 Å². The number of rotatable bonds is 5. The van der Waals surface area contributed by atoms with Gasteiger partial charge in [-0.2, -0.15) is 0 Å². The lowest BCUT2D eigenvalue weighted by atomic mass is 10.1. The molecule has 2 aromatic carbocycles. The van der Waals surface area contributed by atoms with Gasteiger partial charge in [-0.1, -0.05) is 23.7 Å². The van der Waals surface area contributed by atoms with Crippen molar-refractivity contribution < 1.29 is 14.3 Å². The Morgan fingerprint density at radius 1 is 1.24 bits per heavy atom. The Morgan fingerprint density at radius 2 is 2.08 bits per heavy atom. The van der Waals surface area contributed by atoms with E-state index in [1.165, 1.54) is 7.11 Å². The molecule has 0 aliphatic carbocycles. The van der Waals surface area contributed by atoms with Gasteiger partial charge in [0.25, 0.3) is 0 Å². The minimum absolute atomic E-state index is 0.305. The van der Waals surface area contributed by atoms with E-state index in [1.54, 1.807) is 29.5 Å². The first-order valence-electron chi connectivity index (χ1n) is 7.59. The summed E-state index contributed by atoms with van der Waals surface area (Å²) in [5, 5.41) is 3.57. The molecule has 0 unspecified atom stereocenters. The SMILES string of the molecule is COC(=O)c1cc(-c2csc(C)n2)ccc1OCc1cccc(Cl)c1. The summed E-state index contributed by atoms with van der Waals surface area (Å²) in [6.45, 7) is 2.25. The molecule has 0 saturated carbocycles. The second kappa shape index (κ2) is 7.68. The van der Waals surface area contributed by atoms with Crippen LogP contribution in [0.5, 0.6) is 5.75 Å². The van der Waals surface area contributed by atoms with Crippen LogP contribution < -0.4 is 4.74 Å². The average molecular weight is 374 g/mol. The number of hydrogen-bond acceptors (Lipinski definition) is 5. The molecule has 0 bridgehead atoms. The van der Waals surface area contributed by atoms with E-state index in [2.05, 4.69) is 4.98 Å². The standard InChI is InChI=1S/C19H16ClNO3S/c1-12-21-17(11-25-12)14-6-7-18(16(9-14)19(22)23-2)24-10-13-4-3-5-15(20)8-13/h3-9,11H,10H2,1-2H3. The highest BCUT2D eigenvalue weighted by Gasteiger charge is 2.16. The van der Waals surface area contributed by atoms with E-state index in [9.17, 15) is 4.79 Å². The van der Waals surface area contributed by atoms with Gasteiger partial charge in [0.05, 0.1) is 17.8 Å². The number of thiazole rings is 1. The first-order valence-corrected chi connectivity index (χ1v) is 8.84. The number of carbonyl (C=O) groups is 1. The van der Waals surface area contributed by atoms with Crippen molar-refractivity contribution in [2.24, 2.45) is 0 Å². The summed E-state index contributed by atoms with van der Waals surface area (Å²) in [5.41, 5.74) is 2.96. The number of nitrogens with zero attached hydrogens (tertiary/aromatic N) is 1. The van der Waals surface area contributed by atoms with Crippen LogP contribution in [0.4, 0.5) is 0 Å². The Bertz CT molecular complexity index is 907. The van der Waals surface area contributed by atoms with Crippen LogP contribution in [0.3, 0.4) is 0 Å². The second-order valence-electron chi connectivity index (χ2n) is 5.37. The summed E-state index contributed by atoms with van der Waals surface area (Å²) < 4.78 is 10.7. The molecule has 0 atom stereocenters. The maximum Gasteiger partial charge on any atom is 0.341 e. The highest BCUT2D eigenvalue weighted by molar-refractivity contribution is 7.09. The van der Waals surface area contributed by atoms with Crippen LogP contribution in [0, 0.1) is 6.92 Å². The Kier molecular flexibility index (Phi) is 5.36. The van der Waals surface area contributed by atoms with Crippen LogP contribution in [-0.4, -0.2) is 18.1 Å². The third kappa shape index (κ3) is 4.18. The Balaban J connectivity index is 1.88. The normalized spacial score (nSPS) is 10.5. The zero-order valence-electron chi connectivity index (χ0n) is 13.8. The predicted molar refractivity (Wildman–Crippen MR) is 99.4 cm³/mol. The third-order valence-electron chi connectivity index (χ3n) is 3.58. The first-order chi connectivity index (χ1) is 12.1. The van der Waals surface area contributed by atoms with Crippen molar-refractivity contribution in [2.75, 3.05) is 7.11 Å². The number of esters is 1. The first kappa shape index (κ1) is 17.5. The molecule has 3 rings (SSSR count). The van der Waals surface area contributed by atoms with Crippen molar-refractivity contribution in [3.8, 4) is 17.0 Å². The Hall–Kier alpha value is -2.37. The molecule has 4 nitrogen and oxygen atoms in total. The highest BCUT2D eigenvalue weighted by Crippen LogP contribution is 2.29. The van der Waals surface area contributed by atoms with Crippen molar-refractivity contribution in [3.05, 3.63) is 69.0 Å². The fraction of sp³-hybridized carbons (Fsp3) is 0.158. The van der Waals surface area contributed by atoms with Crippen molar-refractivity contribution in [3.63, 3.8) is 0 Å². The third-order valence-corrected chi connectivity index (χ3v) is 4.59. The molecule has 0 saturated heterocycles. The molecule has 0 fully saturated rings. The predicted octanol–water partition coefficient (Wildman–Crippen LogP) is 5.14. The van der Waals surface area contributed by atoms with E-state index in [1.807, 2.05) is 36.6 Å². The fourth-order valence-corrected chi connectivity index (χ4v) is 3.20. The lowest BCUT2D eigenvalue weighted by Gasteiger charge is -2.12. The second-order valence-corrected chi connectivity index (χ2v) is 6.87. The number of benzene rings is 2. The molecule has 0 spiro atoms. The number of aromatic nitrogens is 1. The summed E-state index contributed by atoms with van der Waals surface area (Å²) in [7, 11) is 1.35. The van der Waals surface area contributed by atoms with Crippen molar-refractivity contribution in [1.82, 2.24) is 4.98 Å². The molecule has 0 amide bonds. The topological polar surface area (TPSA) is 48.4 Å². The number of carbonyl (C=O) groups excluding carboxylic acids is 1. The zero-order valence-corrected chi connectivity index (χ0v) is 15.4. The van der Waals surface area contributed by atoms with Crippen molar-refractivity contribution in [1.29, 1.82) is 0 Å². The van der Waals surface area contributed by atoms with Crippen LogP contribution in [0.2, 0.25) is 5.02 Å². The minimum atomic E-state index is -0.449. The van der Waals surface area contributed by atoms with E-state index in [0.29, 0.717) is 22.9 Å². The van der Waals surface area contributed by atoms with Gasteiger partial charge in [0, 0.05) is 16.0 Å². The monoisotopic (exact) mass is 373 g/mol. The molecule has 0 N–H and O–H groups in total. The molecule has 128 valence electrons. The van der Waals surface area contributed by atoms with Gasteiger partial charge in [-0.05, 0) is 42.8 Å². The van der Waals surface area contributed by atoms with Crippen LogP contribution in [0.15, 0.2) is 47.8 Å². The van der Waals surface area contributed by atoms with Crippen LogP contribution >= 0.6 is 22.9 Å². The van der Waals surface area contributed by atoms with E-state index in [-0.39, 0.29) is 0 Å². The van der Waals surface area contributed by atoms with E-state index >= 15 is 0 Å².